The number of hydrogen-bond donors (Lipinski definition) is 1. The van der Waals surface area contributed by atoms with Crippen LogP contribution in [0.5, 0.6) is 0 Å². The standard InChI is InChI=1S/C16H19NS/c1-10-5-4-6-14(12(10)3)15-8-13-7-11(2)17-9-16(13)18-15/h4-6,8,11,17H,7,9H2,1-3H3. The van der Waals surface area contributed by atoms with E-state index >= 15 is 0 Å². The molecule has 1 unspecified atom stereocenters. The predicted molar refractivity (Wildman–Crippen MR) is 79.2 cm³/mol. The second-order valence-corrected chi connectivity index (χ2v) is 6.43. The molecule has 0 bridgehead atoms. The molecule has 0 saturated heterocycles. The van der Waals surface area contributed by atoms with E-state index in [0.29, 0.717) is 6.04 Å². The Morgan fingerprint density at radius 1 is 1.28 bits per heavy atom. The summed E-state index contributed by atoms with van der Waals surface area (Å²) in [6.07, 6.45) is 1.16. The number of hydrogen-bond acceptors (Lipinski definition) is 2. The average Bonchev–Trinajstić information content (AvgIpc) is 2.75. The molecular weight excluding hydrogens is 238 g/mol. The first-order valence-electron chi connectivity index (χ1n) is 6.56. The molecule has 94 valence electrons. The molecular formula is C16H19NS. The smallest absolute Gasteiger partial charge is 0.0351 e. The van der Waals surface area contributed by atoms with Gasteiger partial charge in [0.1, 0.15) is 0 Å². The Kier molecular flexibility index (Phi) is 3.00. The van der Waals surface area contributed by atoms with Crippen LogP contribution in [-0.4, -0.2) is 6.04 Å². The number of rotatable bonds is 1. The summed E-state index contributed by atoms with van der Waals surface area (Å²) in [5.41, 5.74) is 5.74. The number of aryl methyl sites for hydroxylation is 1. The van der Waals surface area contributed by atoms with Gasteiger partial charge in [-0.2, -0.15) is 0 Å². The van der Waals surface area contributed by atoms with Gasteiger partial charge in [0.15, 0.2) is 0 Å². The van der Waals surface area contributed by atoms with Gasteiger partial charge in [-0.1, -0.05) is 18.2 Å². The van der Waals surface area contributed by atoms with Crippen molar-refractivity contribution >= 4 is 11.3 Å². The second-order valence-electron chi connectivity index (χ2n) is 5.29. The lowest BCUT2D eigenvalue weighted by Crippen LogP contribution is -2.31. The number of benzene rings is 1. The van der Waals surface area contributed by atoms with E-state index in [9.17, 15) is 0 Å². The maximum absolute atomic E-state index is 3.54. The number of fused-ring (bicyclic) bond motifs is 1. The van der Waals surface area contributed by atoms with Gasteiger partial charge in [-0.05, 0) is 55.5 Å². The summed E-state index contributed by atoms with van der Waals surface area (Å²) < 4.78 is 0. The molecule has 1 aromatic heterocycles. The van der Waals surface area contributed by atoms with Gasteiger partial charge in [-0.3, -0.25) is 0 Å². The normalized spacial score (nSPS) is 18.7. The van der Waals surface area contributed by atoms with Crippen LogP contribution in [0.1, 0.15) is 28.5 Å². The van der Waals surface area contributed by atoms with Crippen LogP contribution >= 0.6 is 11.3 Å². The topological polar surface area (TPSA) is 12.0 Å². The zero-order valence-corrected chi connectivity index (χ0v) is 12.0. The van der Waals surface area contributed by atoms with Crippen molar-refractivity contribution in [2.24, 2.45) is 0 Å². The minimum absolute atomic E-state index is 0.610. The van der Waals surface area contributed by atoms with Crippen molar-refractivity contribution in [3.8, 4) is 10.4 Å². The molecule has 18 heavy (non-hydrogen) atoms. The molecule has 0 aliphatic carbocycles. The van der Waals surface area contributed by atoms with E-state index in [2.05, 4.69) is 50.4 Å². The molecule has 1 nitrogen and oxygen atoms in total. The first kappa shape index (κ1) is 11.9. The fourth-order valence-corrected chi connectivity index (χ4v) is 3.84. The third-order valence-corrected chi connectivity index (χ3v) is 5.11. The van der Waals surface area contributed by atoms with Crippen LogP contribution in [0.4, 0.5) is 0 Å². The fourth-order valence-electron chi connectivity index (χ4n) is 2.61. The summed E-state index contributed by atoms with van der Waals surface area (Å²) in [6, 6.07) is 9.61. The molecule has 0 saturated carbocycles. The van der Waals surface area contributed by atoms with E-state index < -0.39 is 0 Å². The van der Waals surface area contributed by atoms with Crippen LogP contribution in [0.15, 0.2) is 24.3 Å². The lowest BCUT2D eigenvalue weighted by molar-refractivity contribution is 0.520. The first-order valence-corrected chi connectivity index (χ1v) is 7.38. The largest absolute Gasteiger partial charge is 0.309 e. The van der Waals surface area contributed by atoms with E-state index in [1.807, 2.05) is 11.3 Å². The quantitative estimate of drug-likeness (QED) is 0.812. The first-order chi connectivity index (χ1) is 8.65. The summed E-state index contributed by atoms with van der Waals surface area (Å²) in [5, 5.41) is 3.54. The van der Waals surface area contributed by atoms with Gasteiger partial charge in [-0.15, -0.1) is 11.3 Å². The molecule has 0 spiro atoms. The van der Waals surface area contributed by atoms with Crippen LogP contribution < -0.4 is 5.32 Å². The van der Waals surface area contributed by atoms with Crippen molar-refractivity contribution in [1.82, 2.24) is 5.32 Å². The Balaban J connectivity index is 2.05. The highest BCUT2D eigenvalue weighted by Gasteiger charge is 2.18. The fraction of sp³-hybridized carbons (Fsp3) is 0.375. The third kappa shape index (κ3) is 2.00. The summed E-state index contributed by atoms with van der Waals surface area (Å²) >= 11 is 1.95. The van der Waals surface area contributed by atoms with Gasteiger partial charge in [0.05, 0.1) is 0 Å². The Morgan fingerprint density at radius 3 is 2.94 bits per heavy atom. The van der Waals surface area contributed by atoms with Crippen molar-refractivity contribution < 1.29 is 0 Å². The highest BCUT2D eigenvalue weighted by Crippen LogP contribution is 2.36. The van der Waals surface area contributed by atoms with Crippen molar-refractivity contribution in [2.75, 3.05) is 0 Å². The summed E-state index contributed by atoms with van der Waals surface area (Å²) in [6.45, 7) is 7.71. The molecule has 1 N–H and O–H groups in total. The van der Waals surface area contributed by atoms with Gasteiger partial charge in [-0.25, -0.2) is 0 Å². The van der Waals surface area contributed by atoms with Gasteiger partial charge >= 0.3 is 0 Å². The van der Waals surface area contributed by atoms with Crippen LogP contribution in [0.3, 0.4) is 0 Å². The van der Waals surface area contributed by atoms with Crippen molar-refractivity contribution in [3.63, 3.8) is 0 Å². The van der Waals surface area contributed by atoms with Crippen molar-refractivity contribution in [2.45, 2.75) is 39.8 Å². The van der Waals surface area contributed by atoms with E-state index in [-0.39, 0.29) is 0 Å². The zero-order valence-electron chi connectivity index (χ0n) is 11.2. The van der Waals surface area contributed by atoms with E-state index in [0.717, 1.165) is 13.0 Å². The van der Waals surface area contributed by atoms with Gasteiger partial charge in [0.2, 0.25) is 0 Å². The highest BCUT2D eigenvalue weighted by atomic mass is 32.1. The predicted octanol–water partition coefficient (Wildman–Crippen LogP) is 4.07. The monoisotopic (exact) mass is 257 g/mol. The highest BCUT2D eigenvalue weighted by molar-refractivity contribution is 7.15. The molecule has 2 heterocycles. The Labute approximate surface area is 113 Å². The SMILES string of the molecule is Cc1cccc(-c2cc3c(s2)CNC(C)C3)c1C. The van der Waals surface area contributed by atoms with Gasteiger partial charge in [0.25, 0.3) is 0 Å². The maximum atomic E-state index is 3.54. The summed E-state index contributed by atoms with van der Waals surface area (Å²) in [4.78, 5) is 2.95. The van der Waals surface area contributed by atoms with E-state index in [4.69, 9.17) is 0 Å². The summed E-state index contributed by atoms with van der Waals surface area (Å²) in [7, 11) is 0. The molecule has 1 aliphatic rings. The number of thiophene rings is 1. The van der Waals surface area contributed by atoms with Crippen LogP contribution in [0.2, 0.25) is 0 Å². The van der Waals surface area contributed by atoms with E-state index in [1.54, 1.807) is 5.56 Å². The summed E-state index contributed by atoms with van der Waals surface area (Å²) in [5.74, 6) is 0. The molecule has 1 aromatic carbocycles. The zero-order chi connectivity index (χ0) is 12.7. The maximum Gasteiger partial charge on any atom is 0.0351 e. The van der Waals surface area contributed by atoms with Gasteiger partial charge in [0, 0.05) is 22.3 Å². The van der Waals surface area contributed by atoms with Crippen molar-refractivity contribution in [1.29, 1.82) is 0 Å². The lowest BCUT2D eigenvalue weighted by Gasteiger charge is -2.19. The third-order valence-electron chi connectivity index (χ3n) is 3.90. The Morgan fingerprint density at radius 2 is 2.11 bits per heavy atom. The Hall–Kier alpha value is -1.12. The lowest BCUT2D eigenvalue weighted by atomic mass is 9.99. The van der Waals surface area contributed by atoms with Gasteiger partial charge < -0.3 is 5.32 Å². The molecule has 2 aromatic rings. The molecule has 1 aliphatic heterocycles. The van der Waals surface area contributed by atoms with Crippen molar-refractivity contribution in [3.05, 3.63) is 45.8 Å². The molecule has 0 amide bonds. The van der Waals surface area contributed by atoms with Crippen LogP contribution in [-0.2, 0) is 13.0 Å². The Bertz CT molecular complexity index is 583. The van der Waals surface area contributed by atoms with Crippen LogP contribution in [0.25, 0.3) is 10.4 Å². The number of nitrogens with one attached hydrogen (secondary N) is 1. The molecule has 0 radical (unpaired) electrons. The molecule has 1 atom stereocenters. The average molecular weight is 257 g/mol. The molecule has 2 heteroatoms. The minimum atomic E-state index is 0.610. The molecule has 0 fully saturated rings. The molecule has 3 rings (SSSR count). The second kappa shape index (κ2) is 4.52. The minimum Gasteiger partial charge on any atom is -0.309 e. The van der Waals surface area contributed by atoms with E-state index in [1.165, 1.54) is 26.4 Å². The van der Waals surface area contributed by atoms with Crippen LogP contribution in [0, 0.1) is 13.8 Å².